The number of H-pyrrole nitrogens is 1. The lowest BCUT2D eigenvalue weighted by Crippen LogP contribution is -1.98. The molecule has 1 aromatic rings. The first-order valence-corrected chi connectivity index (χ1v) is 3.03. The highest BCUT2D eigenvalue weighted by molar-refractivity contribution is 7.71. The molecule has 2 N–H and O–H groups in total. The lowest BCUT2D eigenvalue weighted by molar-refractivity contribution is 0.0690. The molecule has 0 bridgehead atoms. The van der Waals surface area contributed by atoms with Gasteiger partial charge in [-0.05, 0) is 12.1 Å². The van der Waals surface area contributed by atoms with Crippen molar-refractivity contribution in [2.24, 2.45) is 0 Å². The van der Waals surface area contributed by atoms with Gasteiger partial charge >= 0.3 is 5.97 Å². The number of carbonyl (C=O) groups is 1. The third-order valence-electron chi connectivity index (χ3n) is 1.00. The second-order valence-electron chi connectivity index (χ2n) is 1.74. The summed E-state index contributed by atoms with van der Waals surface area (Å²) in [6, 6.07) is 3.03. The Morgan fingerprint density at radius 1 is 1.70 bits per heavy atom. The molecule has 52 valence electrons. The number of carboxylic acid groups (broad SMARTS) is 1. The average molecular weight is 155 g/mol. The fraction of sp³-hybridized carbons (Fsp3) is 0. The van der Waals surface area contributed by atoms with Crippen molar-refractivity contribution >= 4 is 18.2 Å². The molecule has 3 nitrogen and oxygen atoms in total. The van der Waals surface area contributed by atoms with Gasteiger partial charge in [0.25, 0.3) is 0 Å². The molecule has 0 spiro atoms. The molecule has 0 aliphatic carbocycles. The summed E-state index contributed by atoms with van der Waals surface area (Å²) in [6.45, 7) is 0. The second kappa shape index (κ2) is 2.62. The van der Waals surface area contributed by atoms with Gasteiger partial charge in [-0.15, -0.1) is 0 Å². The molecule has 4 heteroatoms. The summed E-state index contributed by atoms with van der Waals surface area (Å²) in [5.41, 5.74) is 0.118. The molecule has 1 heterocycles. The van der Waals surface area contributed by atoms with Gasteiger partial charge < -0.3 is 10.1 Å². The Bertz CT molecular complexity index is 305. The number of aromatic carboxylic acids is 1. The molecule has 10 heavy (non-hydrogen) atoms. The summed E-state index contributed by atoms with van der Waals surface area (Å²) in [7, 11) is 0. The summed E-state index contributed by atoms with van der Waals surface area (Å²) < 4.78 is 0.524. The Hall–Kier alpha value is -1.16. The zero-order valence-corrected chi connectivity index (χ0v) is 5.81. The maximum Gasteiger partial charge on any atom is 0.352 e. The van der Waals surface area contributed by atoms with Gasteiger partial charge in [0.15, 0.2) is 0 Å². The monoisotopic (exact) mass is 155 g/mol. The third-order valence-corrected chi connectivity index (χ3v) is 1.26. The van der Waals surface area contributed by atoms with Crippen LogP contribution in [0.1, 0.15) is 10.5 Å². The second-order valence-corrected chi connectivity index (χ2v) is 2.21. The molecular weight excluding hydrogens is 150 g/mol. The van der Waals surface area contributed by atoms with E-state index in [9.17, 15) is 4.79 Å². The highest BCUT2D eigenvalue weighted by atomic mass is 32.1. The first-order valence-electron chi connectivity index (χ1n) is 2.62. The summed E-state index contributed by atoms with van der Waals surface area (Å²) in [4.78, 5) is 12.8. The van der Waals surface area contributed by atoms with Crippen molar-refractivity contribution < 1.29 is 9.90 Å². The number of hydrogen-bond donors (Lipinski definition) is 2. The number of hydrogen-bond acceptors (Lipinski definition) is 2. The van der Waals surface area contributed by atoms with Gasteiger partial charge in [-0.1, -0.05) is 12.2 Å². The lowest BCUT2D eigenvalue weighted by Gasteiger charge is -1.90. The van der Waals surface area contributed by atoms with E-state index in [0.717, 1.165) is 0 Å². The van der Waals surface area contributed by atoms with Crippen molar-refractivity contribution in [2.75, 3.05) is 0 Å². The normalized spacial score (nSPS) is 9.20. The molecule has 0 saturated heterocycles. The van der Waals surface area contributed by atoms with Crippen LogP contribution in [0.3, 0.4) is 0 Å². The Morgan fingerprint density at radius 3 is 2.80 bits per heavy atom. The van der Waals surface area contributed by atoms with Gasteiger partial charge in [0, 0.05) is 10.7 Å². The lowest BCUT2D eigenvalue weighted by atomic mass is 10.4. The van der Waals surface area contributed by atoms with Crippen molar-refractivity contribution in [1.82, 2.24) is 4.98 Å². The van der Waals surface area contributed by atoms with Crippen molar-refractivity contribution in [3.8, 4) is 0 Å². The standard InChI is InChI=1S/C6H5NO2S/c8-6(9)5-3-4(10)1-2-7-5/h1-3H,(H,7,10)(H,8,9). The van der Waals surface area contributed by atoms with E-state index in [4.69, 9.17) is 17.3 Å². The van der Waals surface area contributed by atoms with Crippen LogP contribution in [0.5, 0.6) is 0 Å². The van der Waals surface area contributed by atoms with Gasteiger partial charge in [-0.3, -0.25) is 0 Å². The van der Waals surface area contributed by atoms with Crippen LogP contribution in [0.15, 0.2) is 18.3 Å². The number of pyridine rings is 1. The van der Waals surface area contributed by atoms with Gasteiger partial charge in [0.1, 0.15) is 5.69 Å². The molecule has 1 aromatic heterocycles. The minimum atomic E-state index is -0.994. The van der Waals surface area contributed by atoms with E-state index in [1.165, 1.54) is 12.3 Å². The van der Waals surface area contributed by atoms with Crippen LogP contribution in [0.25, 0.3) is 0 Å². The van der Waals surface area contributed by atoms with Crippen molar-refractivity contribution in [3.63, 3.8) is 0 Å². The topological polar surface area (TPSA) is 53.1 Å². The molecule has 0 amide bonds. The Balaban J connectivity index is 3.20. The van der Waals surface area contributed by atoms with E-state index in [2.05, 4.69) is 4.98 Å². The predicted molar refractivity (Wildman–Crippen MR) is 38.6 cm³/mol. The molecule has 0 aromatic carbocycles. The van der Waals surface area contributed by atoms with E-state index < -0.39 is 5.97 Å². The quantitative estimate of drug-likeness (QED) is 0.603. The van der Waals surface area contributed by atoms with E-state index in [1.807, 2.05) is 0 Å². The van der Waals surface area contributed by atoms with Gasteiger partial charge in [-0.25, -0.2) is 4.79 Å². The fourth-order valence-electron chi connectivity index (χ4n) is 0.569. The molecular formula is C6H5NO2S. The third kappa shape index (κ3) is 1.41. The largest absolute Gasteiger partial charge is 0.477 e. The SMILES string of the molecule is O=C(O)c1cc(=S)cc[nH]1. The molecule has 0 saturated carbocycles. The molecule has 0 radical (unpaired) electrons. The molecule has 0 atom stereocenters. The number of aromatic nitrogens is 1. The van der Waals surface area contributed by atoms with Crippen LogP contribution in [0.4, 0.5) is 0 Å². The maximum absolute atomic E-state index is 10.3. The van der Waals surface area contributed by atoms with E-state index in [0.29, 0.717) is 4.51 Å². The first kappa shape index (κ1) is 6.95. The molecule has 0 unspecified atom stereocenters. The highest BCUT2D eigenvalue weighted by Gasteiger charge is 1.98. The van der Waals surface area contributed by atoms with Crippen molar-refractivity contribution in [1.29, 1.82) is 0 Å². The number of carboxylic acids is 1. The van der Waals surface area contributed by atoms with Gasteiger partial charge in [0.05, 0.1) is 0 Å². The Labute approximate surface area is 62.3 Å². The van der Waals surface area contributed by atoms with E-state index in [-0.39, 0.29) is 5.69 Å². The first-order chi connectivity index (χ1) is 4.70. The predicted octanol–water partition coefficient (Wildman–Crippen LogP) is 1.44. The minimum Gasteiger partial charge on any atom is -0.477 e. The number of rotatable bonds is 1. The molecule has 1 rings (SSSR count). The summed E-state index contributed by atoms with van der Waals surface area (Å²) in [6.07, 6.45) is 1.51. The van der Waals surface area contributed by atoms with Crippen LogP contribution in [-0.4, -0.2) is 16.1 Å². The van der Waals surface area contributed by atoms with Crippen LogP contribution >= 0.6 is 12.2 Å². The van der Waals surface area contributed by atoms with Crippen LogP contribution in [-0.2, 0) is 0 Å². The minimum absolute atomic E-state index is 0.118. The van der Waals surface area contributed by atoms with Gasteiger partial charge in [0.2, 0.25) is 0 Å². The Morgan fingerprint density at radius 2 is 2.40 bits per heavy atom. The van der Waals surface area contributed by atoms with Crippen molar-refractivity contribution in [3.05, 3.63) is 28.5 Å². The summed E-state index contributed by atoms with van der Waals surface area (Å²) in [5.74, 6) is -0.994. The van der Waals surface area contributed by atoms with Crippen LogP contribution < -0.4 is 0 Å². The Kier molecular flexibility index (Phi) is 1.82. The van der Waals surface area contributed by atoms with E-state index >= 15 is 0 Å². The van der Waals surface area contributed by atoms with Crippen LogP contribution in [0.2, 0.25) is 0 Å². The number of nitrogens with one attached hydrogen (secondary N) is 1. The zero-order chi connectivity index (χ0) is 7.56. The average Bonchev–Trinajstić information content (AvgIpc) is 1.88. The molecule has 0 aliphatic rings. The summed E-state index contributed by atoms with van der Waals surface area (Å²) in [5, 5.41) is 8.43. The summed E-state index contributed by atoms with van der Waals surface area (Å²) >= 11 is 4.74. The van der Waals surface area contributed by atoms with Crippen LogP contribution in [0, 0.1) is 4.51 Å². The molecule has 0 fully saturated rings. The maximum atomic E-state index is 10.3. The molecule has 0 aliphatic heterocycles. The van der Waals surface area contributed by atoms with Gasteiger partial charge in [-0.2, -0.15) is 0 Å². The highest BCUT2D eigenvalue weighted by Crippen LogP contribution is 1.94. The van der Waals surface area contributed by atoms with E-state index in [1.54, 1.807) is 6.07 Å². The fourth-order valence-corrected chi connectivity index (χ4v) is 0.755. The zero-order valence-electron chi connectivity index (χ0n) is 5.00. The van der Waals surface area contributed by atoms with Crippen molar-refractivity contribution in [2.45, 2.75) is 0 Å². The smallest absolute Gasteiger partial charge is 0.352 e. The number of aromatic amines is 1.